The maximum absolute atomic E-state index is 11.0. The van der Waals surface area contributed by atoms with Crippen LogP contribution < -0.4 is 21.9 Å². The minimum atomic E-state index is -0.401. The van der Waals surface area contributed by atoms with Crippen molar-refractivity contribution in [3.63, 3.8) is 0 Å². The number of amides is 3. The number of rotatable bonds is 6. The predicted molar refractivity (Wildman–Crippen MR) is 92.0 cm³/mol. The Hall–Kier alpha value is -2.38. The first kappa shape index (κ1) is 17.0. The van der Waals surface area contributed by atoms with E-state index in [1.165, 1.54) is 17.4 Å². The molecule has 122 valence electrons. The minimum absolute atomic E-state index is 0.0501. The molecule has 1 heterocycles. The highest BCUT2D eigenvalue weighted by molar-refractivity contribution is 7.16. The average molecular weight is 332 g/mol. The second kappa shape index (κ2) is 8.30. The van der Waals surface area contributed by atoms with E-state index in [0.29, 0.717) is 6.54 Å². The third kappa shape index (κ3) is 5.72. The standard InChI is InChI=1S/C16H20N4O2S/c1-11(21)19-15-9-8-14(23-15)7-6-12-2-4-13(5-3-12)10-18-16(22)20-17/h2-5,8-9H,6-7,10,17H2,1H3,(H,19,21)(H2,18,20,22). The lowest BCUT2D eigenvalue weighted by Crippen LogP contribution is -2.39. The maximum Gasteiger partial charge on any atom is 0.329 e. The third-order valence-corrected chi connectivity index (χ3v) is 4.29. The summed E-state index contributed by atoms with van der Waals surface area (Å²) in [5, 5.41) is 6.31. The zero-order valence-corrected chi connectivity index (χ0v) is 13.7. The van der Waals surface area contributed by atoms with Gasteiger partial charge in [0, 0.05) is 18.3 Å². The van der Waals surface area contributed by atoms with Crippen molar-refractivity contribution >= 4 is 28.3 Å². The van der Waals surface area contributed by atoms with Gasteiger partial charge in [0.1, 0.15) is 0 Å². The number of aryl methyl sites for hydroxylation is 2. The van der Waals surface area contributed by atoms with Crippen LogP contribution in [0.15, 0.2) is 36.4 Å². The van der Waals surface area contributed by atoms with Gasteiger partial charge in [0.05, 0.1) is 5.00 Å². The van der Waals surface area contributed by atoms with Crippen LogP contribution in [0.25, 0.3) is 0 Å². The summed E-state index contributed by atoms with van der Waals surface area (Å²) in [5.41, 5.74) is 4.27. The van der Waals surface area contributed by atoms with Gasteiger partial charge >= 0.3 is 6.03 Å². The highest BCUT2D eigenvalue weighted by Crippen LogP contribution is 2.23. The van der Waals surface area contributed by atoms with Crippen molar-refractivity contribution in [2.45, 2.75) is 26.3 Å². The first-order chi connectivity index (χ1) is 11.1. The van der Waals surface area contributed by atoms with E-state index in [9.17, 15) is 9.59 Å². The summed E-state index contributed by atoms with van der Waals surface area (Å²) in [4.78, 5) is 23.3. The molecule has 1 aromatic carbocycles. The Kier molecular flexibility index (Phi) is 6.13. The SMILES string of the molecule is CC(=O)Nc1ccc(CCc2ccc(CNC(=O)NN)cc2)s1. The van der Waals surface area contributed by atoms with Crippen LogP contribution in [0.3, 0.4) is 0 Å². The average Bonchev–Trinajstić information content (AvgIpc) is 2.98. The van der Waals surface area contributed by atoms with Crippen LogP contribution in [-0.4, -0.2) is 11.9 Å². The minimum Gasteiger partial charge on any atom is -0.333 e. The molecule has 5 N–H and O–H groups in total. The molecule has 0 unspecified atom stereocenters. The van der Waals surface area contributed by atoms with Crippen LogP contribution in [0.5, 0.6) is 0 Å². The summed E-state index contributed by atoms with van der Waals surface area (Å²) in [6.45, 7) is 1.95. The Balaban J connectivity index is 1.82. The second-order valence-corrected chi connectivity index (χ2v) is 6.26. The molecule has 0 fully saturated rings. The van der Waals surface area contributed by atoms with Gasteiger partial charge in [0.25, 0.3) is 0 Å². The topological polar surface area (TPSA) is 96.2 Å². The summed E-state index contributed by atoms with van der Waals surface area (Å²) in [5.74, 6) is 4.95. The van der Waals surface area contributed by atoms with Crippen molar-refractivity contribution in [1.29, 1.82) is 0 Å². The lowest BCUT2D eigenvalue weighted by atomic mass is 10.1. The van der Waals surface area contributed by atoms with E-state index in [2.05, 4.69) is 22.8 Å². The fraction of sp³-hybridized carbons (Fsp3) is 0.250. The van der Waals surface area contributed by atoms with Crippen LogP contribution in [0.1, 0.15) is 22.9 Å². The quantitative estimate of drug-likeness (QED) is 0.371. The van der Waals surface area contributed by atoms with Crippen molar-refractivity contribution in [1.82, 2.24) is 10.7 Å². The van der Waals surface area contributed by atoms with Gasteiger partial charge in [-0.25, -0.2) is 10.6 Å². The van der Waals surface area contributed by atoms with Crippen LogP contribution in [0, 0.1) is 0 Å². The van der Waals surface area contributed by atoms with Crippen LogP contribution >= 0.6 is 11.3 Å². The summed E-state index contributed by atoms with van der Waals surface area (Å²) >= 11 is 1.60. The summed E-state index contributed by atoms with van der Waals surface area (Å²) < 4.78 is 0. The number of anilines is 1. The van der Waals surface area contributed by atoms with Gasteiger partial charge in [-0.05, 0) is 36.1 Å². The Labute approximate surface area is 139 Å². The van der Waals surface area contributed by atoms with E-state index in [4.69, 9.17) is 5.84 Å². The van der Waals surface area contributed by atoms with Crippen molar-refractivity contribution in [2.24, 2.45) is 5.84 Å². The number of urea groups is 1. The first-order valence-corrected chi connectivity index (χ1v) is 8.07. The second-order valence-electron chi connectivity index (χ2n) is 5.09. The van der Waals surface area contributed by atoms with Crippen molar-refractivity contribution in [2.75, 3.05) is 5.32 Å². The lowest BCUT2D eigenvalue weighted by Gasteiger charge is -2.05. The smallest absolute Gasteiger partial charge is 0.329 e. The molecular formula is C16H20N4O2S. The molecule has 2 rings (SSSR count). The first-order valence-electron chi connectivity index (χ1n) is 7.25. The number of carbonyl (C=O) groups is 2. The number of thiophene rings is 1. The highest BCUT2D eigenvalue weighted by Gasteiger charge is 2.03. The number of nitrogens with two attached hydrogens (primary N) is 1. The van der Waals surface area contributed by atoms with E-state index >= 15 is 0 Å². The largest absolute Gasteiger partial charge is 0.333 e. The molecule has 2 aromatic rings. The zero-order valence-electron chi connectivity index (χ0n) is 12.9. The van der Waals surface area contributed by atoms with Gasteiger partial charge < -0.3 is 10.6 Å². The molecule has 0 radical (unpaired) electrons. The van der Waals surface area contributed by atoms with Crippen LogP contribution in [-0.2, 0) is 24.2 Å². The summed E-state index contributed by atoms with van der Waals surface area (Å²) in [6.07, 6.45) is 1.86. The lowest BCUT2D eigenvalue weighted by molar-refractivity contribution is -0.114. The molecule has 6 nitrogen and oxygen atoms in total. The van der Waals surface area contributed by atoms with Gasteiger partial charge in [0.2, 0.25) is 5.91 Å². The highest BCUT2D eigenvalue weighted by atomic mass is 32.1. The maximum atomic E-state index is 11.0. The molecule has 0 spiro atoms. The van der Waals surface area contributed by atoms with Gasteiger partial charge in [-0.15, -0.1) is 11.3 Å². The predicted octanol–water partition coefficient (Wildman–Crippen LogP) is 2.16. The van der Waals surface area contributed by atoms with E-state index < -0.39 is 6.03 Å². The zero-order chi connectivity index (χ0) is 16.7. The molecule has 1 aromatic heterocycles. The van der Waals surface area contributed by atoms with E-state index in [1.807, 2.05) is 29.7 Å². The molecule has 0 saturated carbocycles. The van der Waals surface area contributed by atoms with Gasteiger partial charge in [-0.2, -0.15) is 0 Å². The number of benzene rings is 1. The van der Waals surface area contributed by atoms with E-state index in [0.717, 1.165) is 23.4 Å². The monoisotopic (exact) mass is 332 g/mol. The van der Waals surface area contributed by atoms with Crippen LogP contribution in [0.2, 0.25) is 0 Å². The van der Waals surface area contributed by atoms with Crippen molar-refractivity contribution in [3.05, 3.63) is 52.4 Å². The normalized spacial score (nSPS) is 10.2. The van der Waals surface area contributed by atoms with E-state index in [1.54, 1.807) is 11.3 Å². The van der Waals surface area contributed by atoms with E-state index in [-0.39, 0.29) is 5.91 Å². The summed E-state index contributed by atoms with van der Waals surface area (Å²) in [7, 11) is 0. The molecule has 0 atom stereocenters. The molecule has 0 aliphatic rings. The molecule has 0 aliphatic heterocycles. The van der Waals surface area contributed by atoms with Gasteiger partial charge in [0.15, 0.2) is 0 Å². The number of hydrazine groups is 1. The molecule has 0 saturated heterocycles. The molecule has 7 heteroatoms. The molecule has 3 amide bonds. The summed E-state index contributed by atoms with van der Waals surface area (Å²) in [6, 6.07) is 11.7. The molecule has 0 aliphatic carbocycles. The molecule has 0 bridgehead atoms. The van der Waals surface area contributed by atoms with Crippen molar-refractivity contribution in [3.8, 4) is 0 Å². The van der Waals surface area contributed by atoms with Gasteiger partial charge in [-0.1, -0.05) is 24.3 Å². The number of carbonyl (C=O) groups excluding carboxylic acids is 2. The van der Waals surface area contributed by atoms with Crippen molar-refractivity contribution < 1.29 is 9.59 Å². The molecular weight excluding hydrogens is 312 g/mol. The Morgan fingerprint density at radius 2 is 1.74 bits per heavy atom. The number of hydrogen-bond donors (Lipinski definition) is 4. The Morgan fingerprint density at radius 1 is 1.04 bits per heavy atom. The number of hydrogen-bond acceptors (Lipinski definition) is 4. The fourth-order valence-electron chi connectivity index (χ4n) is 2.08. The molecule has 23 heavy (non-hydrogen) atoms. The van der Waals surface area contributed by atoms with Crippen LogP contribution in [0.4, 0.5) is 9.80 Å². The third-order valence-electron chi connectivity index (χ3n) is 3.23. The number of nitrogens with one attached hydrogen (secondary N) is 3. The Morgan fingerprint density at radius 3 is 2.39 bits per heavy atom. The Bertz CT molecular complexity index is 667. The fourth-order valence-corrected chi connectivity index (χ4v) is 3.03. The van der Waals surface area contributed by atoms with Gasteiger partial charge in [-0.3, -0.25) is 10.2 Å².